The predicted molar refractivity (Wildman–Crippen MR) is 130 cm³/mol. The van der Waals surface area contributed by atoms with Crippen LogP contribution in [0.15, 0.2) is 71.9 Å². The first kappa shape index (κ1) is 23.3. The van der Waals surface area contributed by atoms with E-state index in [0.717, 1.165) is 66.7 Å². The number of halogens is 1. The first-order valence-corrected chi connectivity index (χ1v) is 12.2. The summed E-state index contributed by atoms with van der Waals surface area (Å²) in [6.07, 6.45) is 3.49. The SMILES string of the molecule is O=C(NCc1cccc(N2CCOCC2)c1)c1cccnc1SCCCc1ccc(F)cc1. The van der Waals surface area contributed by atoms with Crippen LogP contribution in [0.5, 0.6) is 0 Å². The fourth-order valence-electron chi connectivity index (χ4n) is 3.74. The molecule has 1 aromatic heterocycles. The van der Waals surface area contributed by atoms with Crippen molar-refractivity contribution in [3.63, 3.8) is 0 Å². The number of pyridine rings is 1. The molecule has 0 radical (unpaired) electrons. The van der Waals surface area contributed by atoms with Gasteiger partial charge in [-0.2, -0.15) is 0 Å². The number of anilines is 1. The average Bonchev–Trinajstić information content (AvgIpc) is 2.87. The second-order valence-corrected chi connectivity index (χ2v) is 8.97. The molecule has 2 heterocycles. The summed E-state index contributed by atoms with van der Waals surface area (Å²) in [5, 5.41) is 3.77. The van der Waals surface area contributed by atoms with Crippen LogP contribution in [0.4, 0.5) is 10.1 Å². The number of aryl methyl sites for hydroxylation is 1. The van der Waals surface area contributed by atoms with E-state index in [-0.39, 0.29) is 11.7 Å². The summed E-state index contributed by atoms with van der Waals surface area (Å²) in [6.45, 7) is 3.71. The first-order chi connectivity index (χ1) is 16.2. The maximum atomic E-state index is 13.0. The van der Waals surface area contributed by atoms with E-state index >= 15 is 0 Å². The predicted octanol–water partition coefficient (Wildman–Crippen LogP) is 4.71. The number of carbonyl (C=O) groups is 1. The molecular formula is C26H28FN3O2S. The van der Waals surface area contributed by atoms with Crippen molar-refractivity contribution in [1.29, 1.82) is 0 Å². The van der Waals surface area contributed by atoms with Gasteiger partial charge in [0.25, 0.3) is 5.91 Å². The van der Waals surface area contributed by atoms with Crippen LogP contribution in [0.3, 0.4) is 0 Å². The van der Waals surface area contributed by atoms with Crippen LogP contribution >= 0.6 is 11.8 Å². The Kier molecular flexibility index (Phi) is 8.33. The molecule has 1 aliphatic rings. The van der Waals surface area contributed by atoms with Gasteiger partial charge in [0.1, 0.15) is 10.8 Å². The van der Waals surface area contributed by atoms with Crippen LogP contribution in [0, 0.1) is 5.82 Å². The minimum absolute atomic E-state index is 0.124. The molecule has 1 saturated heterocycles. The molecular weight excluding hydrogens is 437 g/mol. The Morgan fingerprint density at radius 3 is 2.70 bits per heavy atom. The minimum Gasteiger partial charge on any atom is -0.378 e. The summed E-state index contributed by atoms with van der Waals surface area (Å²) in [6, 6.07) is 18.5. The molecule has 4 rings (SSSR count). The van der Waals surface area contributed by atoms with Crippen molar-refractivity contribution >= 4 is 23.4 Å². The van der Waals surface area contributed by atoms with Gasteiger partial charge in [-0.05, 0) is 66.1 Å². The summed E-state index contributed by atoms with van der Waals surface area (Å²) in [5.74, 6) is 0.488. The molecule has 3 aromatic rings. The summed E-state index contributed by atoms with van der Waals surface area (Å²) >= 11 is 1.58. The third kappa shape index (κ3) is 6.79. The number of nitrogens with one attached hydrogen (secondary N) is 1. The molecule has 172 valence electrons. The molecule has 1 fully saturated rings. The van der Waals surface area contributed by atoms with Gasteiger partial charge in [0.2, 0.25) is 0 Å². The summed E-state index contributed by atoms with van der Waals surface area (Å²) in [4.78, 5) is 19.6. The van der Waals surface area contributed by atoms with Gasteiger partial charge in [0.15, 0.2) is 0 Å². The minimum atomic E-state index is -0.218. The van der Waals surface area contributed by atoms with E-state index in [4.69, 9.17) is 4.74 Å². The Morgan fingerprint density at radius 2 is 1.88 bits per heavy atom. The highest BCUT2D eigenvalue weighted by molar-refractivity contribution is 7.99. The van der Waals surface area contributed by atoms with Crippen molar-refractivity contribution in [3.8, 4) is 0 Å². The highest BCUT2D eigenvalue weighted by atomic mass is 32.2. The summed E-state index contributed by atoms with van der Waals surface area (Å²) in [5.41, 5.74) is 3.91. The summed E-state index contributed by atoms with van der Waals surface area (Å²) in [7, 11) is 0. The Hall–Kier alpha value is -2.90. The molecule has 0 bridgehead atoms. The molecule has 0 saturated carbocycles. The molecule has 7 heteroatoms. The van der Waals surface area contributed by atoms with E-state index in [2.05, 4.69) is 27.3 Å². The number of nitrogens with zero attached hydrogens (tertiary/aromatic N) is 2. The lowest BCUT2D eigenvalue weighted by atomic mass is 10.1. The van der Waals surface area contributed by atoms with Crippen molar-refractivity contribution in [2.45, 2.75) is 24.4 Å². The lowest BCUT2D eigenvalue weighted by Gasteiger charge is -2.29. The van der Waals surface area contributed by atoms with Crippen molar-refractivity contribution < 1.29 is 13.9 Å². The Labute approximate surface area is 198 Å². The van der Waals surface area contributed by atoms with E-state index in [1.165, 1.54) is 12.1 Å². The van der Waals surface area contributed by atoms with E-state index in [1.807, 2.05) is 30.3 Å². The number of benzene rings is 2. The van der Waals surface area contributed by atoms with Crippen molar-refractivity contribution in [3.05, 3.63) is 89.4 Å². The number of amides is 1. The highest BCUT2D eigenvalue weighted by Crippen LogP contribution is 2.22. The Bertz CT molecular complexity index is 1060. The number of ether oxygens (including phenoxy) is 1. The number of rotatable bonds is 9. The molecule has 33 heavy (non-hydrogen) atoms. The third-order valence-electron chi connectivity index (χ3n) is 5.52. The van der Waals surface area contributed by atoms with Crippen LogP contribution in [0.2, 0.25) is 0 Å². The van der Waals surface area contributed by atoms with Gasteiger partial charge in [-0.3, -0.25) is 4.79 Å². The van der Waals surface area contributed by atoms with Gasteiger partial charge < -0.3 is 15.0 Å². The quantitative estimate of drug-likeness (QED) is 0.366. The molecule has 0 aliphatic carbocycles. The van der Waals surface area contributed by atoms with E-state index in [0.29, 0.717) is 12.1 Å². The number of carbonyl (C=O) groups excluding carboxylic acids is 1. The van der Waals surface area contributed by atoms with Gasteiger partial charge in [-0.25, -0.2) is 9.37 Å². The average molecular weight is 466 g/mol. The maximum absolute atomic E-state index is 13.0. The van der Waals surface area contributed by atoms with Crippen LogP contribution < -0.4 is 10.2 Å². The molecule has 1 aliphatic heterocycles. The number of morpholine rings is 1. The van der Waals surface area contributed by atoms with Crippen LogP contribution in [0.25, 0.3) is 0 Å². The maximum Gasteiger partial charge on any atom is 0.254 e. The second kappa shape index (κ2) is 11.8. The van der Waals surface area contributed by atoms with Gasteiger partial charge in [-0.15, -0.1) is 11.8 Å². The van der Waals surface area contributed by atoms with Crippen molar-refractivity contribution in [1.82, 2.24) is 10.3 Å². The highest BCUT2D eigenvalue weighted by Gasteiger charge is 2.14. The zero-order valence-corrected chi connectivity index (χ0v) is 19.3. The topological polar surface area (TPSA) is 54.5 Å². The van der Waals surface area contributed by atoms with Crippen molar-refractivity contribution in [2.75, 3.05) is 37.0 Å². The fourth-order valence-corrected chi connectivity index (χ4v) is 4.67. The first-order valence-electron chi connectivity index (χ1n) is 11.2. The molecule has 0 unspecified atom stereocenters. The zero-order chi connectivity index (χ0) is 22.9. The molecule has 1 N–H and O–H groups in total. The number of hydrogen-bond acceptors (Lipinski definition) is 5. The smallest absolute Gasteiger partial charge is 0.254 e. The standard InChI is InChI=1S/C26H28FN3O2S/c27-22-10-8-20(9-11-22)5-3-17-33-26-24(7-2-12-28-26)25(31)29-19-21-4-1-6-23(18-21)30-13-15-32-16-14-30/h1-2,4,6-12,18H,3,5,13-17,19H2,(H,29,31). The summed E-state index contributed by atoms with van der Waals surface area (Å²) < 4.78 is 18.5. The van der Waals surface area contributed by atoms with Crippen molar-refractivity contribution in [2.24, 2.45) is 0 Å². The molecule has 0 spiro atoms. The number of thioether (sulfide) groups is 1. The van der Waals surface area contributed by atoms with Crippen LogP contribution in [-0.2, 0) is 17.7 Å². The molecule has 2 aromatic carbocycles. The number of hydrogen-bond donors (Lipinski definition) is 1. The fraction of sp³-hybridized carbons (Fsp3) is 0.308. The largest absolute Gasteiger partial charge is 0.378 e. The lowest BCUT2D eigenvalue weighted by molar-refractivity contribution is 0.0947. The van der Waals surface area contributed by atoms with E-state index < -0.39 is 0 Å². The third-order valence-corrected chi connectivity index (χ3v) is 6.61. The van der Waals surface area contributed by atoms with Gasteiger partial charge in [-0.1, -0.05) is 24.3 Å². The second-order valence-electron chi connectivity index (χ2n) is 7.89. The molecule has 1 amide bonds. The Balaban J connectivity index is 1.30. The lowest BCUT2D eigenvalue weighted by Crippen LogP contribution is -2.36. The normalized spacial score (nSPS) is 13.7. The van der Waals surface area contributed by atoms with E-state index in [9.17, 15) is 9.18 Å². The molecule has 0 atom stereocenters. The van der Waals surface area contributed by atoms with Gasteiger partial charge >= 0.3 is 0 Å². The number of aromatic nitrogens is 1. The molecule has 5 nitrogen and oxygen atoms in total. The monoisotopic (exact) mass is 465 g/mol. The van der Waals surface area contributed by atoms with E-state index in [1.54, 1.807) is 24.0 Å². The van der Waals surface area contributed by atoms with Crippen LogP contribution in [-0.4, -0.2) is 42.9 Å². The zero-order valence-electron chi connectivity index (χ0n) is 18.5. The van der Waals surface area contributed by atoms with Crippen LogP contribution in [0.1, 0.15) is 27.9 Å². The Morgan fingerprint density at radius 1 is 1.06 bits per heavy atom. The van der Waals surface area contributed by atoms with Gasteiger partial charge in [0.05, 0.1) is 18.8 Å². The van der Waals surface area contributed by atoms with Gasteiger partial charge in [0, 0.05) is 31.5 Å².